The molecule has 1 saturated heterocycles. The highest BCUT2D eigenvalue weighted by atomic mass is 19.1. The summed E-state index contributed by atoms with van der Waals surface area (Å²) in [5.74, 6) is -2.08. The van der Waals surface area contributed by atoms with Gasteiger partial charge in [0.05, 0.1) is 31.4 Å². The molecule has 0 spiro atoms. The maximum atomic E-state index is 13.5. The number of hydrogen-bond donors (Lipinski definition) is 1. The maximum Gasteiger partial charge on any atom is 0.257 e. The van der Waals surface area contributed by atoms with E-state index in [0.29, 0.717) is 6.61 Å². The van der Waals surface area contributed by atoms with Gasteiger partial charge in [-0.15, -0.1) is 0 Å². The first-order valence-electron chi connectivity index (χ1n) is 5.58. The number of hydrogen-bond acceptors (Lipinski definition) is 3. The van der Waals surface area contributed by atoms with Crippen molar-refractivity contribution in [3.63, 3.8) is 0 Å². The van der Waals surface area contributed by atoms with E-state index in [4.69, 9.17) is 9.84 Å². The summed E-state index contributed by atoms with van der Waals surface area (Å²) < 4.78 is 31.7. The van der Waals surface area contributed by atoms with E-state index in [2.05, 4.69) is 0 Å². The first kappa shape index (κ1) is 12.9. The molecular formula is C12H13F2NO3. The van der Waals surface area contributed by atoms with Crippen LogP contribution < -0.4 is 0 Å². The third-order valence-electron chi connectivity index (χ3n) is 2.86. The van der Waals surface area contributed by atoms with Crippen molar-refractivity contribution >= 4 is 5.91 Å². The molecule has 1 aliphatic heterocycles. The second kappa shape index (κ2) is 5.41. The van der Waals surface area contributed by atoms with E-state index < -0.39 is 23.6 Å². The highest BCUT2D eigenvalue weighted by Gasteiger charge is 2.29. The third-order valence-corrected chi connectivity index (χ3v) is 2.86. The zero-order valence-electron chi connectivity index (χ0n) is 9.60. The lowest BCUT2D eigenvalue weighted by Crippen LogP contribution is -2.50. The first-order chi connectivity index (χ1) is 8.63. The van der Waals surface area contributed by atoms with Gasteiger partial charge in [0, 0.05) is 6.54 Å². The minimum atomic E-state index is -0.774. The monoisotopic (exact) mass is 257 g/mol. The van der Waals surface area contributed by atoms with Crippen LogP contribution in [0.4, 0.5) is 8.78 Å². The van der Waals surface area contributed by atoms with Crippen molar-refractivity contribution in [1.29, 1.82) is 0 Å². The lowest BCUT2D eigenvalue weighted by molar-refractivity contribution is -0.0186. The molecule has 1 heterocycles. The molecule has 0 aliphatic carbocycles. The minimum absolute atomic E-state index is 0.194. The van der Waals surface area contributed by atoms with Gasteiger partial charge in [0.2, 0.25) is 0 Å². The lowest BCUT2D eigenvalue weighted by atomic mass is 10.1. The molecule has 0 radical (unpaired) electrons. The maximum absolute atomic E-state index is 13.5. The Balaban J connectivity index is 2.26. The number of halogens is 2. The van der Waals surface area contributed by atoms with Gasteiger partial charge in [-0.3, -0.25) is 4.79 Å². The fourth-order valence-electron chi connectivity index (χ4n) is 1.89. The van der Waals surface area contributed by atoms with Gasteiger partial charge in [0.15, 0.2) is 0 Å². The SMILES string of the molecule is O=C(c1cc(F)ccc1F)N1CCOCC1CO. The molecule has 0 bridgehead atoms. The van der Waals surface area contributed by atoms with Crippen molar-refractivity contribution in [2.45, 2.75) is 6.04 Å². The van der Waals surface area contributed by atoms with Crippen LogP contribution in [0.3, 0.4) is 0 Å². The van der Waals surface area contributed by atoms with Crippen molar-refractivity contribution in [1.82, 2.24) is 4.90 Å². The Morgan fingerprint density at radius 3 is 3.00 bits per heavy atom. The van der Waals surface area contributed by atoms with Crippen LogP contribution in [-0.2, 0) is 4.74 Å². The van der Waals surface area contributed by atoms with Crippen LogP contribution in [0.25, 0.3) is 0 Å². The van der Waals surface area contributed by atoms with Gasteiger partial charge in [0.25, 0.3) is 5.91 Å². The predicted octanol–water partition coefficient (Wildman–Crippen LogP) is 0.798. The number of aliphatic hydroxyl groups excluding tert-OH is 1. The van der Waals surface area contributed by atoms with E-state index in [9.17, 15) is 13.6 Å². The number of carbonyl (C=O) groups excluding carboxylic acids is 1. The van der Waals surface area contributed by atoms with E-state index in [0.717, 1.165) is 18.2 Å². The van der Waals surface area contributed by atoms with Gasteiger partial charge in [-0.05, 0) is 18.2 Å². The van der Waals surface area contributed by atoms with Crippen LogP contribution in [0.1, 0.15) is 10.4 Å². The zero-order valence-corrected chi connectivity index (χ0v) is 9.60. The van der Waals surface area contributed by atoms with Gasteiger partial charge in [-0.25, -0.2) is 8.78 Å². The molecule has 1 aliphatic rings. The molecule has 1 N–H and O–H groups in total. The molecule has 2 rings (SSSR count). The predicted molar refractivity (Wildman–Crippen MR) is 59.1 cm³/mol. The summed E-state index contributed by atoms with van der Waals surface area (Å²) >= 11 is 0. The van der Waals surface area contributed by atoms with E-state index in [1.807, 2.05) is 0 Å². The zero-order chi connectivity index (χ0) is 13.1. The quantitative estimate of drug-likeness (QED) is 0.852. The van der Waals surface area contributed by atoms with Gasteiger partial charge in [-0.1, -0.05) is 0 Å². The number of aliphatic hydroxyl groups is 1. The Labute approximate surface area is 103 Å². The average molecular weight is 257 g/mol. The van der Waals surface area contributed by atoms with E-state index in [1.165, 1.54) is 4.90 Å². The average Bonchev–Trinajstić information content (AvgIpc) is 2.40. The molecule has 0 aromatic heterocycles. The number of amides is 1. The summed E-state index contributed by atoms with van der Waals surface area (Å²) in [6, 6.07) is 2.21. The molecule has 0 saturated carbocycles. The highest BCUT2D eigenvalue weighted by Crippen LogP contribution is 2.16. The molecule has 1 atom stereocenters. The number of rotatable bonds is 2. The van der Waals surface area contributed by atoms with Crippen molar-refractivity contribution in [2.24, 2.45) is 0 Å². The Kier molecular flexibility index (Phi) is 3.88. The topological polar surface area (TPSA) is 49.8 Å². The largest absolute Gasteiger partial charge is 0.394 e. The molecule has 4 nitrogen and oxygen atoms in total. The molecule has 18 heavy (non-hydrogen) atoms. The third kappa shape index (κ3) is 2.49. The smallest absolute Gasteiger partial charge is 0.257 e. The van der Waals surface area contributed by atoms with Crippen molar-refractivity contribution in [2.75, 3.05) is 26.4 Å². The number of morpholine rings is 1. The molecule has 1 unspecified atom stereocenters. The normalized spacial score (nSPS) is 19.9. The van der Waals surface area contributed by atoms with Crippen LogP contribution in [0.2, 0.25) is 0 Å². The Morgan fingerprint density at radius 1 is 1.50 bits per heavy atom. The number of carbonyl (C=O) groups is 1. The van der Waals surface area contributed by atoms with Crippen molar-refractivity contribution in [3.8, 4) is 0 Å². The molecule has 98 valence electrons. The van der Waals surface area contributed by atoms with E-state index >= 15 is 0 Å². The van der Waals surface area contributed by atoms with Crippen molar-refractivity contribution in [3.05, 3.63) is 35.4 Å². The van der Waals surface area contributed by atoms with E-state index in [-0.39, 0.29) is 25.3 Å². The molecule has 6 heteroatoms. The van der Waals surface area contributed by atoms with Crippen LogP contribution >= 0.6 is 0 Å². The Bertz CT molecular complexity index is 453. The summed E-state index contributed by atoms with van der Waals surface area (Å²) in [5.41, 5.74) is -0.324. The molecular weight excluding hydrogens is 244 g/mol. The molecule has 1 aromatic rings. The standard InChI is InChI=1S/C12H13F2NO3/c13-8-1-2-11(14)10(5-8)12(17)15-3-4-18-7-9(15)6-16/h1-2,5,9,16H,3-4,6-7H2. The molecule has 1 aromatic carbocycles. The van der Waals surface area contributed by atoms with E-state index in [1.54, 1.807) is 0 Å². The summed E-state index contributed by atoms with van der Waals surface area (Å²) in [4.78, 5) is 13.4. The van der Waals surface area contributed by atoms with Gasteiger partial charge < -0.3 is 14.7 Å². The second-order valence-corrected chi connectivity index (χ2v) is 4.03. The van der Waals surface area contributed by atoms with Crippen molar-refractivity contribution < 1.29 is 23.4 Å². The number of nitrogens with zero attached hydrogens (tertiary/aromatic N) is 1. The van der Waals surface area contributed by atoms with Gasteiger partial charge in [-0.2, -0.15) is 0 Å². The van der Waals surface area contributed by atoms with Gasteiger partial charge in [0.1, 0.15) is 11.6 Å². The Morgan fingerprint density at radius 2 is 2.28 bits per heavy atom. The van der Waals surface area contributed by atoms with Crippen LogP contribution in [0.15, 0.2) is 18.2 Å². The summed E-state index contributed by atoms with van der Waals surface area (Å²) in [6.45, 7) is 0.487. The second-order valence-electron chi connectivity index (χ2n) is 4.03. The fourth-order valence-corrected chi connectivity index (χ4v) is 1.89. The van der Waals surface area contributed by atoms with Gasteiger partial charge >= 0.3 is 0 Å². The Hall–Kier alpha value is -1.53. The summed E-state index contributed by atoms with van der Waals surface area (Å²) in [5, 5.41) is 9.14. The lowest BCUT2D eigenvalue weighted by Gasteiger charge is -2.34. The first-order valence-corrected chi connectivity index (χ1v) is 5.58. The number of benzene rings is 1. The van der Waals surface area contributed by atoms with Crippen LogP contribution in [0, 0.1) is 11.6 Å². The highest BCUT2D eigenvalue weighted by molar-refractivity contribution is 5.94. The minimum Gasteiger partial charge on any atom is -0.394 e. The van der Waals surface area contributed by atoms with Crippen LogP contribution in [-0.4, -0.2) is 48.3 Å². The van der Waals surface area contributed by atoms with Crippen LogP contribution in [0.5, 0.6) is 0 Å². The number of ether oxygens (including phenoxy) is 1. The summed E-state index contributed by atoms with van der Waals surface area (Å²) in [7, 11) is 0. The fraction of sp³-hybridized carbons (Fsp3) is 0.417. The molecule has 1 amide bonds. The molecule has 1 fully saturated rings. The summed E-state index contributed by atoms with van der Waals surface area (Å²) in [6.07, 6.45) is 0.